The Balaban J connectivity index is 2.10. The molecule has 0 saturated heterocycles. The minimum absolute atomic E-state index is 0.0743. The predicted octanol–water partition coefficient (Wildman–Crippen LogP) is 1.20. The number of hydrogen-bond acceptors (Lipinski definition) is 2. The van der Waals surface area contributed by atoms with E-state index in [0.29, 0.717) is 5.84 Å². The molecule has 3 N–H and O–H groups in total. The van der Waals surface area contributed by atoms with Crippen LogP contribution in [0.25, 0.3) is 0 Å². The number of nitrogens with one attached hydrogen (secondary N) is 1. The molecular weight excluding hydrogens is 279 g/mol. The van der Waals surface area contributed by atoms with E-state index in [4.69, 9.17) is 11.1 Å². The van der Waals surface area contributed by atoms with Crippen LogP contribution in [0.2, 0.25) is 0 Å². The molecule has 5 heteroatoms. The summed E-state index contributed by atoms with van der Waals surface area (Å²) in [4.78, 5) is 0. The summed E-state index contributed by atoms with van der Waals surface area (Å²) in [6.45, 7) is 0.755. The fourth-order valence-corrected chi connectivity index (χ4v) is 1.84. The van der Waals surface area contributed by atoms with E-state index in [2.05, 4.69) is 27.7 Å². The van der Waals surface area contributed by atoms with Gasteiger partial charge < -0.3 is 5.73 Å². The van der Waals surface area contributed by atoms with Gasteiger partial charge in [-0.1, -0.05) is 0 Å². The van der Waals surface area contributed by atoms with Gasteiger partial charge in [0, 0.05) is 11.6 Å². The van der Waals surface area contributed by atoms with E-state index in [1.165, 1.54) is 0 Å². The maximum absolute atomic E-state index is 7.45. The molecule has 0 aliphatic heterocycles. The molecule has 0 amide bonds. The summed E-state index contributed by atoms with van der Waals surface area (Å²) < 4.78 is 2.99. The summed E-state index contributed by atoms with van der Waals surface area (Å²) in [5, 5.41) is 11.6. The number of hydrogen-bond donors (Lipinski definition) is 2. The third-order valence-corrected chi connectivity index (χ3v) is 3.05. The second-order valence-electron chi connectivity index (χ2n) is 3.55. The number of rotatable bonds is 3. The van der Waals surface area contributed by atoms with E-state index >= 15 is 0 Å². The summed E-state index contributed by atoms with van der Waals surface area (Å²) in [6, 6.07) is 0. The standard InChI is InChI=1S/C8H11IN4/c9-6-3-12-13(4-6)5-8(1-2-8)7(10)11/h3-4H,1-2,5H2,(H3,10,11). The van der Waals surface area contributed by atoms with Crippen LogP contribution in [-0.2, 0) is 6.54 Å². The highest BCUT2D eigenvalue weighted by Gasteiger charge is 2.46. The van der Waals surface area contributed by atoms with Crippen molar-refractivity contribution >= 4 is 28.4 Å². The van der Waals surface area contributed by atoms with Crippen LogP contribution in [0.15, 0.2) is 12.4 Å². The minimum atomic E-state index is -0.0743. The molecule has 2 rings (SSSR count). The second kappa shape index (κ2) is 2.97. The van der Waals surface area contributed by atoms with Gasteiger partial charge in [0.15, 0.2) is 0 Å². The Kier molecular flexibility index (Phi) is 2.05. The third kappa shape index (κ3) is 1.70. The van der Waals surface area contributed by atoms with Gasteiger partial charge in [0.2, 0.25) is 0 Å². The van der Waals surface area contributed by atoms with Crippen molar-refractivity contribution in [3.63, 3.8) is 0 Å². The first-order valence-corrected chi connectivity index (χ1v) is 5.23. The van der Waals surface area contributed by atoms with Crippen molar-refractivity contribution in [3.05, 3.63) is 16.0 Å². The molecule has 0 radical (unpaired) electrons. The fourth-order valence-electron chi connectivity index (χ4n) is 1.40. The number of nitrogens with two attached hydrogens (primary N) is 1. The van der Waals surface area contributed by atoms with Gasteiger partial charge in [-0.3, -0.25) is 10.1 Å². The van der Waals surface area contributed by atoms with Gasteiger partial charge >= 0.3 is 0 Å². The molecule has 0 bridgehead atoms. The molecule has 0 spiro atoms. The van der Waals surface area contributed by atoms with E-state index in [1.54, 1.807) is 0 Å². The fraction of sp³-hybridized carbons (Fsp3) is 0.500. The van der Waals surface area contributed by atoms with E-state index in [-0.39, 0.29) is 5.41 Å². The van der Waals surface area contributed by atoms with Crippen molar-refractivity contribution in [3.8, 4) is 0 Å². The predicted molar refractivity (Wildman–Crippen MR) is 58.5 cm³/mol. The Labute approximate surface area is 90.1 Å². The topological polar surface area (TPSA) is 67.7 Å². The summed E-state index contributed by atoms with van der Waals surface area (Å²) >= 11 is 2.22. The van der Waals surface area contributed by atoms with Crippen LogP contribution in [0, 0.1) is 14.4 Å². The molecule has 1 heterocycles. The van der Waals surface area contributed by atoms with Crippen LogP contribution in [0.5, 0.6) is 0 Å². The van der Waals surface area contributed by atoms with Crippen LogP contribution in [0.1, 0.15) is 12.8 Å². The molecule has 1 aromatic heterocycles. The second-order valence-corrected chi connectivity index (χ2v) is 4.80. The molecule has 4 nitrogen and oxygen atoms in total. The van der Waals surface area contributed by atoms with Crippen LogP contribution in [0.4, 0.5) is 0 Å². The Hall–Kier alpha value is -0.590. The monoisotopic (exact) mass is 290 g/mol. The lowest BCUT2D eigenvalue weighted by atomic mass is 10.1. The lowest BCUT2D eigenvalue weighted by molar-refractivity contribution is 0.496. The maximum Gasteiger partial charge on any atom is 0.0987 e. The molecule has 1 aromatic rings. The van der Waals surface area contributed by atoms with Crippen molar-refractivity contribution in [1.29, 1.82) is 5.41 Å². The van der Waals surface area contributed by atoms with Gasteiger partial charge in [-0.15, -0.1) is 0 Å². The zero-order valence-corrected chi connectivity index (χ0v) is 9.28. The van der Waals surface area contributed by atoms with E-state index in [0.717, 1.165) is 23.0 Å². The highest BCUT2D eigenvalue weighted by atomic mass is 127. The zero-order valence-electron chi connectivity index (χ0n) is 7.13. The van der Waals surface area contributed by atoms with Crippen molar-refractivity contribution < 1.29 is 0 Å². The molecular formula is C8H11IN4. The Bertz CT molecular complexity index is 340. The molecule has 0 aromatic carbocycles. The van der Waals surface area contributed by atoms with Crippen LogP contribution in [-0.4, -0.2) is 15.6 Å². The highest BCUT2D eigenvalue weighted by molar-refractivity contribution is 14.1. The van der Waals surface area contributed by atoms with Gasteiger partial charge in [0.1, 0.15) is 0 Å². The van der Waals surface area contributed by atoms with Crippen LogP contribution >= 0.6 is 22.6 Å². The van der Waals surface area contributed by atoms with Crippen molar-refractivity contribution in [2.75, 3.05) is 0 Å². The van der Waals surface area contributed by atoms with Gasteiger partial charge in [0.25, 0.3) is 0 Å². The average Bonchev–Trinajstić information content (AvgIpc) is 2.72. The molecule has 0 unspecified atom stereocenters. The molecule has 1 fully saturated rings. The van der Waals surface area contributed by atoms with E-state index < -0.39 is 0 Å². The summed E-state index contributed by atoms with van der Waals surface area (Å²) in [6.07, 6.45) is 5.85. The first-order chi connectivity index (χ1) is 6.12. The van der Waals surface area contributed by atoms with Gasteiger partial charge in [-0.05, 0) is 35.4 Å². The summed E-state index contributed by atoms with van der Waals surface area (Å²) in [5.41, 5.74) is 5.45. The van der Waals surface area contributed by atoms with Crippen molar-refractivity contribution in [2.45, 2.75) is 19.4 Å². The van der Waals surface area contributed by atoms with Gasteiger partial charge in [0.05, 0.1) is 22.1 Å². The van der Waals surface area contributed by atoms with Crippen LogP contribution < -0.4 is 5.73 Å². The SMILES string of the molecule is N=C(N)C1(Cn2cc(I)cn2)CC1. The van der Waals surface area contributed by atoms with Gasteiger partial charge in [-0.25, -0.2) is 0 Å². The Morgan fingerprint density at radius 3 is 2.85 bits per heavy atom. The maximum atomic E-state index is 7.45. The number of amidine groups is 1. The summed E-state index contributed by atoms with van der Waals surface area (Å²) in [5.74, 6) is 0.304. The molecule has 1 saturated carbocycles. The Morgan fingerprint density at radius 2 is 2.46 bits per heavy atom. The molecule has 70 valence electrons. The highest BCUT2D eigenvalue weighted by Crippen LogP contribution is 2.46. The number of halogens is 1. The van der Waals surface area contributed by atoms with Crippen molar-refractivity contribution in [2.24, 2.45) is 11.1 Å². The first-order valence-electron chi connectivity index (χ1n) is 4.15. The Morgan fingerprint density at radius 1 is 1.77 bits per heavy atom. The zero-order chi connectivity index (χ0) is 9.47. The lowest BCUT2D eigenvalue weighted by Crippen LogP contribution is -2.28. The quantitative estimate of drug-likeness (QED) is 0.499. The minimum Gasteiger partial charge on any atom is -0.387 e. The van der Waals surface area contributed by atoms with Crippen molar-refractivity contribution in [1.82, 2.24) is 9.78 Å². The number of nitrogens with zero attached hydrogens (tertiary/aromatic N) is 2. The average molecular weight is 290 g/mol. The third-order valence-electron chi connectivity index (χ3n) is 2.49. The first kappa shape index (κ1) is 8.98. The lowest BCUT2D eigenvalue weighted by Gasteiger charge is -2.12. The number of aromatic nitrogens is 2. The molecule has 0 atom stereocenters. The molecule has 1 aliphatic carbocycles. The van der Waals surface area contributed by atoms with E-state index in [9.17, 15) is 0 Å². The molecule has 1 aliphatic rings. The van der Waals surface area contributed by atoms with E-state index in [1.807, 2.05) is 17.1 Å². The normalized spacial score (nSPS) is 18.5. The molecule has 13 heavy (non-hydrogen) atoms. The summed E-state index contributed by atoms with van der Waals surface area (Å²) in [7, 11) is 0. The smallest absolute Gasteiger partial charge is 0.0987 e. The largest absolute Gasteiger partial charge is 0.387 e. The van der Waals surface area contributed by atoms with Gasteiger partial charge in [-0.2, -0.15) is 5.10 Å². The van der Waals surface area contributed by atoms with Crippen LogP contribution in [0.3, 0.4) is 0 Å².